The second-order valence-electron chi connectivity index (χ2n) is 17.3. The molecule has 1 aliphatic rings. The smallest absolute Gasteiger partial charge is 0.253 e. The van der Waals surface area contributed by atoms with E-state index in [1.165, 1.54) is 0 Å². The minimum atomic E-state index is -1.94. The molecule has 0 aliphatic carbocycles. The Hall–Kier alpha value is -0.866. The summed E-state index contributed by atoms with van der Waals surface area (Å²) in [7, 11) is -3.87. The Balaban J connectivity index is 3.04. The maximum absolute atomic E-state index is 13.7. The summed E-state index contributed by atoms with van der Waals surface area (Å²) in [5.41, 5.74) is -3.52. The molecular weight excluding hydrogens is 593 g/mol. The molecule has 0 radical (unpaired) electrons. The van der Waals surface area contributed by atoms with Crippen LogP contribution in [0.5, 0.6) is 0 Å². The molecule has 10 nitrogen and oxygen atoms in total. The van der Waals surface area contributed by atoms with Crippen molar-refractivity contribution in [1.29, 1.82) is 0 Å². The molecule has 0 aromatic rings. The fraction of sp³-hybridized carbons (Fsp3) is 0.938. The molecule has 0 spiro atoms. The normalized spacial score (nSPS) is 26.5. The quantitative estimate of drug-likeness (QED) is 0.199. The predicted octanol–water partition coefficient (Wildman–Crippen LogP) is 4.56. The molecule has 0 unspecified atom stereocenters. The van der Waals surface area contributed by atoms with Gasteiger partial charge in [0.2, 0.25) is 0 Å². The maximum Gasteiger partial charge on any atom is 0.253 e. The summed E-state index contributed by atoms with van der Waals surface area (Å²) < 4.78 is 25.1. The van der Waals surface area contributed by atoms with E-state index in [4.69, 9.17) is 18.3 Å². The van der Waals surface area contributed by atoms with E-state index in [1.807, 2.05) is 27.7 Å². The van der Waals surface area contributed by atoms with Gasteiger partial charge in [0.1, 0.15) is 0 Å². The van der Waals surface area contributed by atoms with Crippen molar-refractivity contribution in [3.05, 3.63) is 0 Å². The third-order valence-electron chi connectivity index (χ3n) is 9.47. The largest absolute Gasteiger partial charge is 0.414 e. The van der Waals surface area contributed by atoms with Crippen molar-refractivity contribution in [2.45, 2.75) is 142 Å². The highest BCUT2D eigenvalue weighted by atomic mass is 28.4. The summed E-state index contributed by atoms with van der Waals surface area (Å²) in [6.45, 7) is 36.2. The first-order chi connectivity index (χ1) is 19.6. The molecule has 2 atom stereocenters. The van der Waals surface area contributed by atoms with Gasteiger partial charge in [-0.1, -0.05) is 41.5 Å². The van der Waals surface area contributed by atoms with Crippen LogP contribution in [0, 0.1) is 0 Å². The van der Waals surface area contributed by atoms with Gasteiger partial charge in [0.15, 0.2) is 27.8 Å². The Labute approximate surface area is 271 Å². The van der Waals surface area contributed by atoms with E-state index < -0.39 is 38.9 Å². The zero-order valence-electron chi connectivity index (χ0n) is 31.1. The molecule has 0 aromatic carbocycles. The molecular formula is C32H68N4O6Si2. The van der Waals surface area contributed by atoms with Crippen LogP contribution in [0.25, 0.3) is 0 Å². The van der Waals surface area contributed by atoms with Gasteiger partial charge in [0, 0.05) is 37.3 Å². The topological polar surface area (TPSA) is 119 Å². The van der Waals surface area contributed by atoms with Crippen LogP contribution in [0.1, 0.15) is 83.1 Å². The average molecular weight is 661 g/mol. The zero-order valence-corrected chi connectivity index (χ0v) is 33.1. The minimum absolute atomic E-state index is 0.0902. The molecule has 2 amide bonds. The monoisotopic (exact) mass is 660 g/mol. The fourth-order valence-corrected chi connectivity index (χ4v) is 6.20. The second-order valence-corrected chi connectivity index (χ2v) is 26.9. The summed E-state index contributed by atoms with van der Waals surface area (Å²) in [6, 6.07) is 0. The summed E-state index contributed by atoms with van der Waals surface area (Å²) in [5, 5.41) is 13.3. The summed E-state index contributed by atoms with van der Waals surface area (Å²) in [5.74, 6) is -0.408. The van der Waals surface area contributed by atoms with Gasteiger partial charge in [-0.25, -0.2) is 0 Å². The Bertz CT molecular complexity index is 885. The molecule has 12 heteroatoms. The molecule has 1 fully saturated rings. The van der Waals surface area contributed by atoms with Gasteiger partial charge < -0.3 is 39.6 Å². The predicted molar refractivity (Wildman–Crippen MR) is 185 cm³/mol. The lowest BCUT2D eigenvalue weighted by Crippen LogP contribution is -2.65. The molecule has 0 saturated carbocycles. The highest BCUT2D eigenvalue weighted by Crippen LogP contribution is 2.37. The highest BCUT2D eigenvalue weighted by molar-refractivity contribution is 6.74. The van der Waals surface area contributed by atoms with Crippen molar-refractivity contribution in [2.24, 2.45) is 0 Å². The number of amides is 2. The van der Waals surface area contributed by atoms with Crippen molar-refractivity contribution in [3.63, 3.8) is 0 Å². The Kier molecular flexibility index (Phi) is 14.0. The van der Waals surface area contributed by atoms with E-state index in [9.17, 15) is 9.59 Å². The standard InChI is InChI=1S/C32H68N4O6Si2/c1-27(2,3)43(13,14)41-19-17-39-31(11)23-33-21-30(9,10)36-26(38)32(12,24-34-22-29(7,8)35-25(31)37)40-18-20-42-44(15,16)28(4,5)6/h33-34H,17-24H2,1-16H3,(H,35,37)(H,36,38)/t31-,32+. The molecule has 1 aliphatic heterocycles. The van der Waals surface area contributed by atoms with E-state index in [2.05, 4.69) is 89.0 Å². The van der Waals surface area contributed by atoms with Crippen LogP contribution in [0.2, 0.25) is 36.3 Å². The van der Waals surface area contributed by atoms with Crippen molar-refractivity contribution >= 4 is 28.4 Å². The lowest BCUT2D eigenvalue weighted by atomic mass is 9.97. The van der Waals surface area contributed by atoms with Gasteiger partial charge in [0.25, 0.3) is 11.8 Å². The van der Waals surface area contributed by atoms with Crippen LogP contribution in [0.3, 0.4) is 0 Å². The third kappa shape index (κ3) is 12.4. The van der Waals surface area contributed by atoms with Gasteiger partial charge in [0.05, 0.1) is 26.4 Å². The number of carbonyl (C=O) groups is 2. The Morgan fingerprint density at radius 3 is 1.14 bits per heavy atom. The van der Waals surface area contributed by atoms with Crippen LogP contribution in [0.4, 0.5) is 0 Å². The summed E-state index contributed by atoms with van der Waals surface area (Å²) >= 11 is 0. The van der Waals surface area contributed by atoms with Gasteiger partial charge in [-0.3, -0.25) is 9.59 Å². The van der Waals surface area contributed by atoms with E-state index in [0.29, 0.717) is 39.5 Å². The van der Waals surface area contributed by atoms with Crippen LogP contribution in [0.15, 0.2) is 0 Å². The first-order valence-electron chi connectivity index (χ1n) is 16.2. The van der Waals surface area contributed by atoms with Crippen molar-refractivity contribution < 1.29 is 27.9 Å². The zero-order chi connectivity index (χ0) is 34.5. The van der Waals surface area contributed by atoms with Crippen molar-refractivity contribution in [2.75, 3.05) is 52.6 Å². The molecule has 0 aromatic heterocycles. The average Bonchev–Trinajstić information content (AvgIpc) is 2.81. The number of carbonyl (C=O) groups excluding carboxylic acids is 2. The summed E-state index contributed by atoms with van der Waals surface area (Å²) in [6.07, 6.45) is 0. The molecule has 4 N–H and O–H groups in total. The highest BCUT2D eigenvalue weighted by Gasteiger charge is 2.42. The van der Waals surface area contributed by atoms with Crippen molar-refractivity contribution in [3.8, 4) is 0 Å². The first kappa shape index (κ1) is 41.2. The van der Waals surface area contributed by atoms with E-state index >= 15 is 0 Å². The number of rotatable bonds is 10. The van der Waals surface area contributed by atoms with Gasteiger partial charge in [-0.05, 0) is 77.8 Å². The van der Waals surface area contributed by atoms with Gasteiger partial charge >= 0.3 is 0 Å². The van der Waals surface area contributed by atoms with Gasteiger partial charge in [-0.15, -0.1) is 0 Å². The number of nitrogens with one attached hydrogen (secondary N) is 4. The van der Waals surface area contributed by atoms with Crippen molar-refractivity contribution in [1.82, 2.24) is 21.3 Å². The number of hydrogen-bond acceptors (Lipinski definition) is 8. The molecule has 1 heterocycles. The van der Waals surface area contributed by atoms with E-state index in [-0.39, 0.29) is 35.0 Å². The first-order valence-corrected chi connectivity index (χ1v) is 22.0. The molecule has 1 rings (SSSR count). The molecule has 260 valence electrons. The fourth-order valence-electron chi connectivity index (χ4n) is 4.15. The molecule has 1 saturated heterocycles. The van der Waals surface area contributed by atoms with E-state index in [0.717, 1.165) is 0 Å². The van der Waals surface area contributed by atoms with Crippen LogP contribution in [-0.4, -0.2) is 103 Å². The van der Waals surface area contributed by atoms with Crippen LogP contribution in [-0.2, 0) is 27.9 Å². The van der Waals surface area contributed by atoms with Crippen LogP contribution < -0.4 is 21.3 Å². The van der Waals surface area contributed by atoms with Crippen LogP contribution >= 0.6 is 0 Å². The Morgan fingerprint density at radius 1 is 0.568 bits per heavy atom. The lowest BCUT2D eigenvalue weighted by Gasteiger charge is -2.39. The molecule has 44 heavy (non-hydrogen) atoms. The maximum atomic E-state index is 13.7. The third-order valence-corrected chi connectivity index (χ3v) is 18.5. The Morgan fingerprint density at radius 2 is 0.864 bits per heavy atom. The SMILES string of the molecule is CC1(C)CNC[C@](C)(OCCO[Si](C)(C)C(C)(C)C)C(=O)NC(C)(C)CNC[C@@](C)(OCCO[Si](C)(C)C(C)(C)C)C(=O)N1. The number of hydrogen-bond donors (Lipinski definition) is 4. The van der Waals surface area contributed by atoms with Gasteiger partial charge in [-0.2, -0.15) is 0 Å². The number of ether oxygens (including phenoxy) is 2. The minimum Gasteiger partial charge on any atom is -0.414 e. The lowest BCUT2D eigenvalue weighted by molar-refractivity contribution is -0.149. The second kappa shape index (κ2) is 14.9. The van der Waals surface area contributed by atoms with E-state index in [1.54, 1.807) is 13.8 Å². The molecule has 0 bridgehead atoms. The summed E-state index contributed by atoms with van der Waals surface area (Å²) in [4.78, 5) is 27.4.